The highest BCUT2D eigenvalue weighted by molar-refractivity contribution is 6.31. The molecule has 2 amide bonds. The SMILES string of the molecule is O=C1NCCN(Cc2ccc(F)cc2Cl)[C@@H]1CC(=O)N1CCN(c2ccncc2)CC1. The Morgan fingerprint density at radius 1 is 1.13 bits per heavy atom. The van der Waals surface area contributed by atoms with Gasteiger partial charge in [0.15, 0.2) is 0 Å². The van der Waals surface area contributed by atoms with Gasteiger partial charge in [-0.3, -0.25) is 19.5 Å². The van der Waals surface area contributed by atoms with E-state index in [1.807, 2.05) is 21.9 Å². The van der Waals surface area contributed by atoms with Crippen molar-refractivity contribution < 1.29 is 14.0 Å². The number of rotatable bonds is 5. The lowest BCUT2D eigenvalue weighted by atomic mass is 10.1. The maximum atomic E-state index is 13.4. The number of nitrogens with one attached hydrogen (secondary N) is 1. The average Bonchev–Trinajstić information content (AvgIpc) is 2.78. The van der Waals surface area contributed by atoms with Gasteiger partial charge in [-0.15, -0.1) is 0 Å². The summed E-state index contributed by atoms with van der Waals surface area (Å²) >= 11 is 6.17. The highest BCUT2D eigenvalue weighted by Crippen LogP contribution is 2.22. The maximum absolute atomic E-state index is 13.4. The Kier molecular flexibility index (Phi) is 6.67. The predicted octanol–water partition coefficient (Wildman–Crippen LogP) is 1.91. The smallest absolute Gasteiger partial charge is 0.237 e. The summed E-state index contributed by atoms with van der Waals surface area (Å²) in [6.45, 7) is 4.20. The lowest BCUT2D eigenvalue weighted by molar-refractivity contribution is -0.139. The minimum absolute atomic E-state index is 0.0355. The lowest BCUT2D eigenvalue weighted by Gasteiger charge is -2.39. The molecule has 2 aliphatic heterocycles. The van der Waals surface area contributed by atoms with Crippen molar-refractivity contribution in [3.8, 4) is 0 Å². The molecule has 0 spiro atoms. The molecule has 4 rings (SSSR count). The molecule has 0 saturated carbocycles. The van der Waals surface area contributed by atoms with Crippen molar-refractivity contribution >= 4 is 29.1 Å². The fraction of sp³-hybridized carbons (Fsp3) is 0.409. The molecule has 0 bridgehead atoms. The molecule has 2 aromatic rings. The van der Waals surface area contributed by atoms with E-state index < -0.39 is 11.9 Å². The zero-order chi connectivity index (χ0) is 21.8. The number of aromatic nitrogens is 1. The van der Waals surface area contributed by atoms with E-state index in [1.165, 1.54) is 12.1 Å². The summed E-state index contributed by atoms with van der Waals surface area (Å²) in [4.78, 5) is 35.6. The van der Waals surface area contributed by atoms with E-state index in [2.05, 4.69) is 15.2 Å². The molecule has 1 aromatic heterocycles. The number of amides is 2. The summed E-state index contributed by atoms with van der Waals surface area (Å²) in [5, 5.41) is 3.17. The molecular formula is C22H25ClFN5O2. The fourth-order valence-electron chi connectivity index (χ4n) is 4.11. The van der Waals surface area contributed by atoms with Crippen LogP contribution in [0.1, 0.15) is 12.0 Å². The van der Waals surface area contributed by atoms with Crippen molar-refractivity contribution in [2.45, 2.75) is 19.0 Å². The van der Waals surface area contributed by atoms with Crippen LogP contribution in [0, 0.1) is 5.82 Å². The Labute approximate surface area is 185 Å². The Balaban J connectivity index is 1.38. The summed E-state index contributed by atoms with van der Waals surface area (Å²) in [5.41, 5.74) is 1.83. The van der Waals surface area contributed by atoms with Gasteiger partial charge in [0.2, 0.25) is 11.8 Å². The first kappa shape index (κ1) is 21.5. The highest BCUT2D eigenvalue weighted by Gasteiger charge is 2.34. The number of carbonyl (C=O) groups excluding carboxylic acids is 2. The largest absolute Gasteiger partial charge is 0.368 e. The molecule has 1 aromatic carbocycles. The number of carbonyl (C=O) groups is 2. The van der Waals surface area contributed by atoms with Gasteiger partial charge in [0, 0.05) is 68.9 Å². The number of hydrogen-bond acceptors (Lipinski definition) is 5. The second kappa shape index (κ2) is 9.62. The van der Waals surface area contributed by atoms with Crippen LogP contribution >= 0.6 is 11.6 Å². The third-order valence-corrected chi connectivity index (χ3v) is 6.21. The van der Waals surface area contributed by atoms with Gasteiger partial charge in [-0.2, -0.15) is 0 Å². The topological polar surface area (TPSA) is 68.8 Å². The number of pyridine rings is 1. The molecule has 3 heterocycles. The minimum Gasteiger partial charge on any atom is -0.368 e. The van der Waals surface area contributed by atoms with Crippen LogP contribution < -0.4 is 10.2 Å². The molecule has 1 atom stereocenters. The van der Waals surface area contributed by atoms with Gasteiger partial charge in [-0.1, -0.05) is 17.7 Å². The molecule has 0 aliphatic carbocycles. The number of halogens is 2. The first-order chi connectivity index (χ1) is 15.0. The number of benzene rings is 1. The van der Waals surface area contributed by atoms with Crippen LogP contribution in [0.5, 0.6) is 0 Å². The van der Waals surface area contributed by atoms with Crippen LogP contribution in [-0.2, 0) is 16.1 Å². The van der Waals surface area contributed by atoms with E-state index in [0.29, 0.717) is 37.7 Å². The van der Waals surface area contributed by atoms with Crippen molar-refractivity contribution in [2.75, 3.05) is 44.2 Å². The number of nitrogens with zero attached hydrogens (tertiary/aromatic N) is 4. The predicted molar refractivity (Wildman–Crippen MR) is 116 cm³/mol. The van der Waals surface area contributed by atoms with Crippen molar-refractivity contribution in [3.05, 3.63) is 59.1 Å². The second-order valence-corrected chi connectivity index (χ2v) is 8.20. The van der Waals surface area contributed by atoms with Gasteiger partial charge in [-0.05, 0) is 29.8 Å². The number of anilines is 1. The number of hydrogen-bond donors (Lipinski definition) is 1. The number of piperazine rings is 2. The molecule has 164 valence electrons. The molecule has 2 fully saturated rings. The van der Waals surface area contributed by atoms with Gasteiger partial charge < -0.3 is 15.1 Å². The Morgan fingerprint density at radius 3 is 2.58 bits per heavy atom. The monoisotopic (exact) mass is 445 g/mol. The third kappa shape index (κ3) is 5.14. The van der Waals surface area contributed by atoms with E-state index in [9.17, 15) is 14.0 Å². The standard InChI is InChI=1S/C22H25ClFN5O2/c23-19-13-17(24)2-1-16(19)15-29-8-7-26-22(31)20(29)14-21(30)28-11-9-27(10-12-28)18-3-5-25-6-4-18/h1-6,13,20H,7-12,14-15H2,(H,26,31)/t20-/m1/s1. The Morgan fingerprint density at radius 2 is 1.87 bits per heavy atom. The summed E-state index contributed by atoms with van der Waals surface area (Å²) in [5.74, 6) is -0.595. The van der Waals surface area contributed by atoms with Crippen molar-refractivity contribution in [2.24, 2.45) is 0 Å². The molecule has 31 heavy (non-hydrogen) atoms. The van der Waals surface area contributed by atoms with Crippen LogP contribution in [0.3, 0.4) is 0 Å². The summed E-state index contributed by atoms with van der Waals surface area (Å²) in [6.07, 6.45) is 3.63. The first-order valence-electron chi connectivity index (χ1n) is 10.4. The van der Waals surface area contributed by atoms with E-state index in [1.54, 1.807) is 18.5 Å². The quantitative estimate of drug-likeness (QED) is 0.761. The van der Waals surface area contributed by atoms with Crippen molar-refractivity contribution in [3.63, 3.8) is 0 Å². The Hall–Kier alpha value is -2.71. The lowest BCUT2D eigenvalue weighted by Crippen LogP contribution is -2.57. The fourth-order valence-corrected chi connectivity index (χ4v) is 4.33. The van der Waals surface area contributed by atoms with Gasteiger partial charge in [0.1, 0.15) is 5.82 Å². The van der Waals surface area contributed by atoms with E-state index in [-0.39, 0.29) is 18.2 Å². The minimum atomic E-state index is -0.569. The van der Waals surface area contributed by atoms with Crippen LogP contribution in [0.2, 0.25) is 5.02 Å². The van der Waals surface area contributed by atoms with Crippen LogP contribution in [0.4, 0.5) is 10.1 Å². The zero-order valence-corrected chi connectivity index (χ0v) is 17.9. The molecule has 1 N–H and O–H groups in total. The second-order valence-electron chi connectivity index (χ2n) is 7.79. The molecule has 2 saturated heterocycles. The summed E-state index contributed by atoms with van der Waals surface area (Å²) < 4.78 is 13.4. The first-order valence-corrected chi connectivity index (χ1v) is 10.8. The molecular weight excluding hydrogens is 421 g/mol. The molecule has 7 nitrogen and oxygen atoms in total. The van der Waals surface area contributed by atoms with Gasteiger partial charge in [0.05, 0.1) is 12.5 Å². The van der Waals surface area contributed by atoms with Gasteiger partial charge >= 0.3 is 0 Å². The summed E-state index contributed by atoms with van der Waals surface area (Å²) in [7, 11) is 0. The van der Waals surface area contributed by atoms with E-state index in [4.69, 9.17) is 11.6 Å². The van der Waals surface area contributed by atoms with E-state index in [0.717, 1.165) is 24.3 Å². The molecule has 0 unspecified atom stereocenters. The molecule has 9 heteroatoms. The summed E-state index contributed by atoms with van der Waals surface area (Å²) in [6, 6.07) is 7.60. The molecule has 2 aliphatic rings. The van der Waals surface area contributed by atoms with Crippen molar-refractivity contribution in [1.29, 1.82) is 0 Å². The van der Waals surface area contributed by atoms with Crippen LogP contribution in [0.25, 0.3) is 0 Å². The van der Waals surface area contributed by atoms with Crippen molar-refractivity contribution in [1.82, 2.24) is 20.1 Å². The van der Waals surface area contributed by atoms with E-state index >= 15 is 0 Å². The normalized spacial score (nSPS) is 19.9. The zero-order valence-electron chi connectivity index (χ0n) is 17.1. The Bertz CT molecular complexity index is 937. The maximum Gasteiger partial charge on any atom is 0.237 e. The third-order valence-electron chi connectivity index (χ3n) is 5.86. The van der Waals surface area contributed by atoms with Crippen LogP contribution in [0.15, 0.2) is 42.7 Å². The highest BCUT2D eigenvalue weighted by atomic mass is 35.5. The van der Waals surface area contributed by atoms with Gasteiger partial charge in [-0.25, -0.2) is 4.39 Å². The van der Waals surface area contributed by atoms with Crippen LogP contribution in [-0.4, -0.2) is 71.9 Å². The molecule has 0 radical (unpaired) electrons. The van der Waals surface area contributed by atoms with Gasteiger partial charge in [0.25, 0.3) is 0 Å². The average molecular weight is 446 g/mol.